The number of hydrogen-bond donors (Lipinski definition) is 2. The van der Waals surface area contributed by atoms with Gasteiger partial charge in [-0.25, -0.2) is 0 Å². The monoisotopic (exact) mass is 236 g/mol. The summed E-state index contributed by atoms with van der Waals surface area (Å²) in [6.07, 6.45) is 0.995. The maximum atomic E-state index is 5.57. The molecule has 0 aliphatic carbocycles. The highest BCUT2D eigenvalue weighted by Gasteiger charge is 2.13. The molecule has 4 nitrogen and oxygen atoms in total. The van der Waals surface area contributed by atoms with Gasteiger partial charge in [-0.2, -0.15) is 0 Å². The number of fused-ring (bicyclic) bond motifs is 1. The van der Waals surface area contributed by atoms with Gasteiger partial charge < -0.3 is 20.5 Å². The molecule has 0 saturated carbocycles. The zero-order valence-electron chi connectivity index (χ0n) is 10.2. The van der Waals surface area contributed by atoms with E-state index in [1.165, 1.54) is 5.56 Å². The molecule has 0 aromatic heterocycles. The van der Waals surface area contributed by atoms with Crippen molar-refractivity contribution < 1.29 is 9.47 Å². The van der Waals surface area contributed by atoms with Crippen molar-refractivity contribution in [1.29, 1.82) is 0 Å². The van der Waals surface area contributed by atoms with Gasteiger partial charge in [0.05, 0.1) is 0 Å². The number of rotatable bonds is 5. The first-order valence-corrected chi connectivity index (χ1v) is 6.14. The summed E-state index contributed by atoms with van der Waals surface area (Å²) in [5.41, 5.74) is 6.68. The van der Waals surface area contributed by atoms with Crippen LogP contribution in [0.4, 0.5) is 0 Å². The van der Waals surface area contributed by atoms with Crippen LogP contribution in [-0.4, -0.2) is 26.3 Å². The van der Waals surface area contributed by atoms with Gasteiger partial charge in [0, 0.05) is 6.04 Å². The molecule has 1 aliphatic heterocycles. The molecule has 1 aliphatic rings. The maximum Gasteiger partial charge on any atom is 0.161 e. The van der Waals surface area contributed by atoms with E-state index in [-0.39, 0.29) is 0 Å². The fourth-order valence-electron chi connectivity index (χ4n) is 1.87. The number of benzene rings is 1. The van der Waals surface area contributed by atoms with Crippen LogP contribution in [0.1, 0.15) is 24.9 Å². The van der Waals surface area contributed by atoms with Crippen LogP contribution >= 0.6 is 0 Å². The van der Waals surface area contributed by atoms with E-state index in [2.05, 4.69) is 24.4 Å². The second-order valence-corrected chi connectivity index (χ2v) is 4.22. The zero-order valence-corrected chi connectivity index (χ0v) is 10.2. The molecule has 1 aromatic carbocycles. The number of nitrogens with two attached hydrogens (primary N) is 1. The Bertz CT molecular complexity index is 368. The summed E-state index contributed by atoms with van der Waals surface area (Å²) in [6, 6.07) is 6.41. The molecule has 4 heteroatoms. The van der Waals surface area contributed by atoms with Gasteiger partial charge in [0.15, 0.2) is 11.5 Å². The van der Waals surface area contributed by atoms with Gasteiger partial charge in [0.2, 0.25) is 0 Å². The summed E-state index contributed by atoms with van der Waals surface area (Å²) in [5.74, 6) is 1.69. The molecule has 17 heavy (non-hydrogen) atoms. The van der Waals surface area contributed by atoms with Gasteiger partial charge in [-0.3, -0.25) is 0 Å². The fourth-order valence-corrected chi connectivity index (χ4v) is 1.87. The van der Waals surface area contributed by atoms with Crippen molar-refractivity contribution in [2.45, 2.75) is 19.4 Å². The standard InChI is InChI=1S/C13H20N2O2/c1-10(15-6-2-5-14)11-3-4-12-13(9-11)17-8-7-16-12/h3-4,9-10,15H,2,5-8,14H2,1H3. The Morgan fingerprint density at radius 1 is 1.29 bits per heavy atom. The first-order valence-electron chi connectivity index (χ1n) is 6.14. The Hall–Kier alpha value is -1.26. The lowest BCUT2D eigenvalue weighted by molar-refractivity contribution is 0.171. The minimum atomic E-state index is 0.303. The van der Waals surface area contributed by atoms with E-state index in [1.807, 2.05) is 6.07 Å². The Morgan fingerprint density at radius 2 is 2.06 bits per heavy atom. The first-order chi connectivity index (χ1) is 8.31. The van der Waals surface area contributed by atoms with Crippen molar-refractivity contribution in [3.8, 4) is 11.5 Å². The molecule has 0 radical (unpaired) electrons. The zero-order chi connectivity index (χ0) is 12.1. The van der Waals surface area contributed by atoms with Crippen LogP contribution in [0.15, 0.2) is 18.2 Å². The molecule has 2 rings (SSSR count). The summed E-state index contributed by atoms with van der Waals surface area (Å²) in [4.78, 5) is 0. The minimum Gasteiger partial charge on any atom is -0.486 e. The van der Waals surface area contributed by atoms with E-state index >= 15 is 0 Å². The Kier molecular flexibility index (Phi) is 4.23. The van der Waals surface area contributed by atoms with Crippen LogP contribution < -0.4 is 20.5 Å². The van der Waals surface area contributed by atoms with Crippen LogP contribution in [0.3, 0.4) is 0 Å². The average molecular weight is 236 g/mol. The van der Waals surface area contributed by atoms with Crippen molar-refractivity contribution in [3.63, 3.8) is 0 Å². The Morgan fingerprint density at radius 3 is 2.82 bits per heavy atom. The third kappa shape index (κ3) is 3.11. The molecule has 94 valence electrons. The predicted molar refractivity (Wildman–Crippen MR) is 67.5 cm³/mol. The molecular weight excluding hydrogens is 216 g/mol. The molecular formula is C13H20N2O2. The molecule has 0 amide bonds. The van der Waals surface area contributed by atoms with Crippen LogP contribution in [0.5, 0.6) is 11.5 Å². The largest absolute Gasteiger partial charge is 0.486 e. The van der Waals surface area contributed by atoms with Crippen molar-refractivity contribution in [3.05, 3.63) is 23.8 Å². The Balaban J connectivity index is 2.00. The van der Waals surface area contributed by atoms with E-state index in [9.17, 15) is 0 Å². The molecule has 0 spiro atoms. The van der Waals surface area contributed by atoms with Gasteiger partial charge in [-0.1, -0.05) is 6.07 Å². The molecule has 0 fully saturated rings. The summed E-state index contributed by atoms with van der Waals surface area (Å²) in [7, 11) is 0. The molecule has 1 unspecified atom stereocenters. The summed E-state index contributed by atoms with van der Waals surface area (Å²) < 4.78 is 11.1. The van der Waals surface area contributed by atoms with Gasteiger partial charge in [0.25, 0.3) is 0 Å². The third-order valence-electron chi connectivity index (χ3n) is 2.90. The average Bonchev–Trinajstić information content (AvgIpc) is 2.38. The predicted octanol–water partition coefficient (Wildman–Crippen LogP) is 1.46. The minimum absolute atomic E-state index is 0.303. The molecule has 1 atom stereocenters. The summed E-state index contributed by atoms with van der Waals surface area (Å²) in [6.45, 7) is 5.07. The normalized spacial score (nSPS) is 15.6. The lowest BCUT2D eigenvalue weighted by atomic mass is 10.1. The van der Waals surface area contributed by atoms with E-state index in [0.717, 1.165) is 31.0 Å². The van der Waals surface area contributed by atoms with Crippen molar-refractivity contribution >= 4 is 0 Å². The maximum absolute atomic E-state index is 5.57. The third-order valence-corrected chi connectivity index (χ3v) is 2.90. The van der Waals surface area contributed by atoms with Crippen molar-refractivity contribution in [1.82, 2.24) is 5.32 Å². The van der Waals surface area contributed by atoms with E-state index in [1.54, 1.807) is 0 Å². The number of hydrogen-bond acceptors (Lipinski definition) is 4. The second-order valence-electron chi connectivity index (χ2n) is 4.22. The SMILES string of the molecule is CC(NCCCN)c1ccc2c(c1)OCCO2. The highest BCUT2D eigenvalue weighted by atomic mass is 16.6. The van der Waals surface area contributed by atoms with E-state index in [0.29, 0.717) is 19.3 Å². The van der Waals surface area contributed by atoms with Crippen LogP contribution in [-0.2, 0) is 0 Å². The fraction of sp³-hybridized carbons (Fsp3) is 0.538. The second kappa shape index (κ2) is 5.89. The van der Waals surface area contributed by atoms with E-state index < -0.39 is 0 Å². The summed E-state index contributed by atoms with van der Waals surface area (Å²) >= 11 is 0. The van der Waals surface area contributed by atoms with Crippen molar-refractivity contribution in [2.75, 3.05) is 26.3 Å². The van der Waals surface area contributed by atoms with Gasteiger partial charge >= 0.3 is 0 Å². The quantitative estimate of drug-likeness (QED) is 0.760. The smallest absolute Gasteiger partial charge is 0.161 e. The van der Waals surface area contributed by atoms with Gasteiger partial charge in [-0.05, 0) is 44.1 Å². The van der Waals surface area contributed by atoms with Crippen LogP contribution in [0.2, 0.25) is 0 Å². The molecule has 1 aromatic rings. The highest BCUT2D eigenvalue weighted by molar-refractivity contribution is 5.44. The van der Waals surface area contributed by atoms with Crippen LogP contribution in [0.25, 0.3) is 0 Å². The molecule has 0 saturated heterocycles. The van der Waals surface area contributed by atoms with Crippen LogP contribution in [0, 0.1) is 0 Å². The first kappa shape index (κ1) is 12.2. The topological polar surface area (TPSA) is 56.5 Å². The number of nitrogens with one attached hydrogen (secondary N) is 1. The molecule has 3 N–H and O–H groups in total. The Labute approximate surface area is 102 Å². The highest BCUT2D eigenvalue weighted by Crippen LogP contribution is 2.32. The number of ether oxygens (including phenoxy) is 2. The summed E-state index contributed by atoms with van der Waals surface area (Å²) in [5, 5.41) is 3.43. The van der Waals surface area contributed by atoms with Gasteiger partial charge in [-0.15, -0.1) is 0 Å². The molecule has 1 heterocycles. The van der Waals surface area contributed by atoms with Crippen molar-refractivity contribution in [2.24, 2.45) is 5.73 Å². The molecule has 0 bridgehead atoms. The lowest BCUT2D eigenvalue weighted by Crippen LogP contribution is -2.22. The van der Waals surface area contributed by atoms with E-state index in [4.69, 9.17) is 15.2 Å². The van der Waals surface area contributed by atoms with Gasteiger partial charge in [0.1, 0.15) is 13.2 Å². The lowest BCUT2D eigenvalue weighted by Gasteiger charge is -2.21.